The number of rotatable bonds is 5. The second-order valence-electron chi connectivity index (χ2n) is 11.0. The molecule has 1 aliphatic heterocycles. The van der Waals surface area contributed by atoms with E-state index in [0.717, 1.165) is 44.1 Å². The highest BCUT2D eigenvalue weighted by molar-refractivity contribution is 8.04. The van der Waals surface area contributed by atoms with E-state index in [1.165, 1.54) is 12.5 Å². The number of thioether (sulfide) groups is 1. The summed E-state index contributed by atoms with van der Waals surface area (Å²) < 4.78 is 14.4. The van der Waals surface area contributed by atoms with Crippen molar-refractivity contribution in [2.45, 2.75) is 82.7 Å². The van der Waals surface area contributed by atoms with Crippen molar-refractivity contribution in [3.05, 3.63) is 75.9 Å². The minimum atomic E-state index is -0.266. The molecule has 1 saturated heterocycles. The van der Waals surface area contributed by atoms with Crippen LogP contribution in [-0.4, -0.2) is 34.0 Å². The zero-order valence-electron chi connectivity index (χ0n) is 21.8. The van der Waals surface area contributed by atoms with Crippen molar-refractivity contribution in [1.82, 2.24) is 10.2 Å². The number of amides is 2. The average molecular weight is 521 g/mol. The van der Waals surface area contributed by atoms with Gasteiger partial charge in [-0.2, -0.15) is 0 Å². The summed E-state index contributed by atoms with van der Waals surface area (Å²) in [5.74, 6) is 0.776. The highest BCUT2D eigenvalue weighted by Crippen LogP contribution is 2.43. The Kier molecular flexibility index (Phi) is 8.04. The van der Waals surface area contributed by atoms with Crippen LogP contribution in [0, 0.1) is 17.7 Å². The number of fused-ring (bicyclic) bond motifs is 1. The van der Waals surface area contributed by atoms with Crippen LogP contribution >= 0.6 is 11.8 Å². The second-order valence-corrected chi connectivity index (χ2v) is 12.3. The van der Waals surface area contributed by atoms with Gasteiger partial charge in [-0.15, -0.1) is 11.8 Å². The van der Waals surface area contributed by atoms with E-state index in [1.807, 2.05) is 41.3 Å². The molecule has 2 amide bonds. The van der Waals surface area contributed by atoms with Crippen molar-refractivity contribution in [1.29, 1.82) is 0 Å². The molecule has 196 valence electrons. The molecule has 3 aliphatic rings. The molecule has 5 atom stereocenters. The van der Waals surface area contributed by atoms with E-state index in [0.29, 0.717) is 39.7 Å². The Morgan fingerprint density at radius 3 is 2.57 bits per heavy atom. The predicted molar refractivity (Wildman–Crippen MR) is 148 cm³/mol. The number of benzene rings is 2. The molecule has 2 aliphatic carbocycles. The Bertz CT molecular complexity index is 1160. The quantitative estimate of drug-likeness (QED) is 0.441. The number of hydrogen-bond donors (Lipinski definition) is 1. The van der Waals surface area contributed by atoms with Crippen LogP contribution in [0.15, 0.2) is 53.4 Å². The average Bonchev–Trinajstić information content (AvgIpc) is 2.90. The van der Waals surface area contributed by atoms with Crippen molar-refractivity contribution in [2.75, 3.05) is 0 Å². The summed E-state index contributed by atoms with van der Waals surface area (Å²) >= 11 is 1.67. The van der Waals surface area contributed by atoms with Gasteiger partial charge in [0.15, 0.2) is 0 Å². The molecular weight excluding hydrogens is 483 g/mol. The molecule has 1 N–H and O–H groups in total. The van der Waals surface area contributed by atoms with E-state index in [4.69, 9.17) is 0 Å². The molecule has 4 nitrogen and oxygen atoms in total. The molecule has 2 aromatic rings. The second kappa shape index (κ2) is 11.4. The van der Waals surface area contributed by atoms with Gasteiger partial charge < -0.3 is 10.2 Å². The van der Waals surface area contributed by atoms with E-state index in [1.54, 1.807) is 23.9 Å². The van der Waals surface area contributed by atoms with E-state index < -0.39 is 0 Å². The zero-order chi connectivity index (χ0) is 25.9. The van der Waals surface area contributed by atoms with Crippen LogP contribution in [-0.2, 0) is 11.3 Å². The van der Waals surface area contributed by atoms with Gasteiger partial charge in [0, 0.05) is 35.0 Å². The highest BCUT2D eigenvalue weighted by atomic mass is 32.2. The van der Waals surface area contributed by atoms with Crippen molar-refractivity contribution >= 4 is 29.7 Å². The van der Waals surface area contributed by atoms with Gasteiger partial charge in [0.1, 0.15) is 5.82 Å². The fraction of sp³-hybridized carbons (Fsp3) is 0.484. The van der Waals surface area contributed by atoms with Gasteiger partial charge in [0.05, 0.1) is 4.91 Å². The maximum atomic E-state index is 14.4. The van der Waals surface area contributed by atoms with E-state index >= 15 is 0 Å². The van der Waals surface area contributed by atoms with Gasteiger partial charge in [0.2, 0.25) is 0 Å². The van der Waals surface area contributed by atoms with Gasteiger partial charge in [-0.25, -0.2) is 4.39 Å². The van der Waals surface area contributed by atoms with Gasteiger partial charge in [0.25, 0.3) is 11.8 Å². The highest BCUT2D eigenvalue weighted by Gasteiger charge is 2.40. The standard InChI is InChI=1S/C31H37FN2O2S/c1-20-8-7-11-26(21(20)2)33-30(35)23-16-14-22(15-17-23)18-29-31(36)34(19-24-9-3-4-10-25(24)32)27-12-5-6-13-28(27)37-29/h3-4,9-10,14-18,20-21,26-28H,5-8,11-13,19H2,1-2H3,(H,33,35)/b29-18-. The molecule has 2 aromatic carbocycles. The van der Waals surface area contributed by atoms with Crippen LogP contribution in [0.3, 0.4) is 0 Å². The molecule has 0 aromatic heterocycles. The lowest BCUT2D eigenvalue weighted by atomic mass is 9.78. The third-order valence-electron chi connectivity index (χ3n) is 8.61. The van der Waals surface area contributed by atoms with Gasteiger partial charge in [-0.3, -0.25) is 9.59 Å². The number of carbonyl (C=O) groups excluding carboxylic acids is 2. The maximum Gasteiger partial charge on any atom is 0.260 e. The Morgan fingerprint density at radius 1 is 1.03 bits per heavy atom. The number of nitrogens with zero attached hydrogens (tertiary/aromatic N) is 1. The van der Waals surface area contributed by atoms with Crippen molar-refractivity contribution in [2.24, 2.45) is 11.8 Å². The molecule has 5 unspecified atom stereocenters. The first-order valence-electron chi connectivity index (χ1n) is 13.7. The summed E-state index contributed by atoms with van der Waals surface area (Å²) in [6, 6.07) is 14.6. The molecule has 37 heavy (non-hydrogen) atoms. The first-order chi connectivity index (χ1) is 17.9. The summed E-state index contributed by atoms with van der Waals surface area (Å²) in [7, 11) is 0. The lowest BCUT2D eigenvalue weighted by molar-refractivity contribution is -0.130. The Hall–Kier alpha value is -2.60. The Labute approximate surface area is 224 Å². The minimum absolute atomic E-state index is 0.0290. The van der Waals surface area contributed by atoms with E-state index in [2.05, 4.69) is 19.2 Å². The maximum absolute atomic E-state index is 14.4. The molecule has 1 heterocycles. The first kappa shape index (κ1) is 26.0. The van der Waals surface area contributed by atoms with Crippen LogP contribution in [0.5, 0.6) is 0 Å². The molecule has 2 saturated carbocycles. The van der Waals surface area contributed by atoms with Crippen LogP contribution in [0.1, 0.15) is 80.3 Å². The fourth-order valence-corrected chi connectivity index (χ4v) is 7.56. The van der Waals surface area contributed by atoms with Crippen LogP contribution in [0.25, 0.3) is 6.08 Å². The summed E-state index contributed by atoms with van der Waals surface area (Å²) in [6.07, 6.45) is 9.64. The fourth-order valence-electron chi connectivity index (χ4n) is 6.09. The normalized spacial score (nSPS) is 29.2. The lowest BCUT2D eigenvalue weighted by Gasteiger charge is -2.44. The third-order valence-corrected chi connectivity index (χ3v) is 10.0. The van der Waals surface area contributed by atoms with Crippen molar-refractivity contribution in [3.8, 4) is 0 Å². The van der Waals surface area contributed by atoms with E-state index in [9.17, 15) is 14.0 Å². The van der Waals surface area contributed by atoms with Crippen LogP contribution < -0.4 is 5.32 Å². The monoisotopic (exact) mass is 520 g/mol. The molecule has 5 rings (SSSR count). The molecule has 0 radical (unpaired) electrons. The van der Waals surface area contributed by atoms with Crippen molar-refractivity contribution < 1.29 is 14.0 Å². The van der Waals surface area contributed by atoms with Crippen molar-refractivity contribution in [3.63, 3.8) is 0 Å². The number of nitrogens with one attached hydrogen (secondary N) is 1. The zero-order valence-corrected chi connectivity index (χ0v) is 22.6. The summed E-state index contributed by atoms with van der Waals surface area (Å²) in [5.41, 5.74) is 2.10. The summed E-state index contributed by atoms with van der Waals surface area (Å²) in [4.78, 5) is 29.1. The lowest BCUT2D eigenvalue weighted by Crippen LogP contribution is -2.50. The molecule has 0 bridgehead atoms. The van der Waals surface area contributed by atoms with Crippen LogP contribution in [0.2, 0.25) is 0 Å². The largest absolute Gasteiger partial charge is 0.349 e. The predicted octanol–water partition coefficient (Wildman–Crippen LogP) is 6.81. The molecule has 0 spiro atoms. The number of halogens is 1. The smallest absolute Gasteiger partial charge is 0.260 e. The summed E-state index contributed by atoms with van der Waals surface area (Å²) in [5, 5.41) is 3.57. The molecule has 6 heteroatoms. The van der Waals surface area contributed by atoms with E-state index in [-0.39, 0.29) is 29.7 Å². The van der Waals surface area contributed by atoms with Gasteiger partial charge in [-0.1, -0.05) is 69.9 Å². The van der Waals surface area contributed by atoms with Gasteiger partial charge in [-0.05, 0) is 60.9 Å². The molecular formula is C31H37FN2O2S. The number of hydrogen-bond acceptors (Lipinski definition) is 3. The first-order valence-corrected chi connectivity index (χ1v) is 14.6. The van der Waals surface area contributed by atoms with Crippen LogP contribution in [0.4, 0.5) is 4.39 Å². The van der Waals surface area contributed by atoms with Gasteiger partial charge >= 0.3 is 0 Å². The number of carbonyl (C=O) groups is 2. The topological polar surface area (TPSA) is 49.4 Å². The summed E-state index contributed by atoms with van der Waals surface area (Å²) in [6.45, 7) is 4.79. The Morgan fingerprint density at radius 2 is 1.78 bits per heavy atom. The third kappa shape index (κ3) is 5.79. The Balaban J connectivity index is 1.32. The minimum Gasteiger partial charge on any atom is -0.349 e. The SMILES string of the molecule is CC1CCCC(NC(=O)c2ccc(/C=C3\SC4CCCCC4N(Cc4ccccc4F)C3=O)cc2)C1C. The molecule has 3 fully saturated rings.